The van der Waals surface area contributed by atoms with Gasteiger partial charge in [0.25, 0.3) is 5.56 Å². The number of ether oxygens (including phenoxy) is 2. The van der Waals surface area contributed by atoms with Gasteiger partial charge in [0.15, 0.2) is 0 Å². The first-order valence-corrected chi connectivity index (χ1v) is 11.3. The Labute approximate surface area is 203 Å². The molecule has 0 fully saturated rings. The maximum absolute atomic E-state index is 13.5. The lowest BCUT2D eigenvalue weighted by atomic mass is 10.0. The van der Waals surface area contributed by atoms with E-state index < -0.39 is 0 Å². The Morgan fingerprint density at radius 1 is 0.912 bits per heavy atom. The van der Waals surface area contributed by atoms with E-state index in [0.717, 1.165) is 29.0 Å². The number of H-pyrrole nitrogens is 1. The van der Waals surface area contributed by atoms with Gasteiger partial charge in [0.1, 0.15) is 11.5 Å². The average Bonchev–Trinajstić information content (AvgIpc) is 3.22. The highest BCUT2D eigenvalue weighted by Gasteiger charge is 2.19. The predicted molar refractivity (Wildman–Crippen MR) is 137 cm³/mol. The van der Waals surface area contributed by atoms with E-state index in [2.05, 4.69) is 5.10 Å². The van der Waals surface area contributed by atoms with Crippen LogP contribution >= 0.6 is 11.6 Å². The molecule has 0 aliphatic heterocycles. The molecule has 6 nitrogen and oxygen atoms in total. The zero-order valence-corrected chi connectivity index (χ0v) is 20.1. The quantitative estimate of drug-likeness (QED) is 0.339. The summed E-state index contributed by atoms with van der Waals surface area (Å²) >= 11 is 5.98. The number of methoxy groups -OCH3 is 2. The van der Waals surface area contributed by atoms with Gasteiger partial charge in [-0.3, -0.25) is 14.9 Å². The minimum Gasteiger partial charge on any atom is -0.497 e. The molecule has 0 aliphatic rings. The first-order valence-electron chi connectivity index (χ1n) is 10.9. The summed E-state index contributed by atoms with van der Waals surface area (Å²) in [7, 11) is 3.24. The Bertz CT molecular complexity index is 1340. The highest BCUT2D eigenvalue weighted by atomic mass is 35.5. The highest BCUT2D eigenvalue weighted by Crippen LogP contribution is 2.25. The zero-order valence-electron chi connectivity index (χ0n) is 19.3. The third-order valence-electron chi connectivity index (χ3n) is 5.62. The number of aliphatic imine (C=N–C) groups is 1. The van der Waals surface area contributed by atoms with Gasteiger partial charge < -0.3 is 9.47 Å². The Hall–Kier alpha value is -3.77. The van der Waals surface area contributed by atoms with Crippen molar-refractivity contribution in [2.75, 3.05) is 20.8 Å². The van der Waals surface area contributed by atoms with Crippen LogP contribution in [0.2, 0.25) is 5.02 Å². The SMILES string of the molecule is COc1ccc(-c2[nH]n(-c3ccc(OC)cc3)c(=O)c2C(C)=NCCc2ccc(Cl)cc2)cc1. The molecule has 4 rings (SSSR count). The summed E-state index contributed by atoms with van der Waals surface area (Å²) in [5, 5.41) is 3.99. The van der Waals surface area contributed by atoms with Crippen molar-refractivity contribution in [1.29, 1.82) is 0 Å². The molecule has 174 valence electrons. The summed E-state index contributed by atoms with van der Waals surface area (Å²) in [6, 6.07) is 22.6. The van der Waals surface area contributed by atoms with Gasteiger partial charge in [-0.1, -0.05) is 23.7 Å². The molecule has 0 unspecified atom stereocenters. The molecule has 0 radical (unpaired) electrons. The van der Waals surface area contributed by atoms with Gasteiger partial charge in [-0.15, -0.1) is 0 Å². The van der Waals surface area contributed by atoms with Gasteiger partial charge in [-0.2, -0.15) is 0 Å². The third kappa shape index (κ3) is 5.07. The van der Waals surface area contributed by atoms with Gasteiger partial charge in [-0.05, 0) is 79.6 Å². The zero-order chi connectivity index (χ0) is 24.1. The Morgan fingerprint density at radius 2 is 1.50 bits per heavy atom. The lowest BCUT2D eigenvalue weighted by Crippen LogP contribution is -2.19. The molecule has 0 amide bonds. The Kier molecular flexibility index (Phi) is 7.18. The molecular weight excluding hydrogens is 450 g/mol. The van der Waals surface area contributed by atoms with Crippen LogP contribution in [0.4, 0.5) is 0 Å². The standard InChI is InChI=1S/C27H26ClN3O3/c1-18(29-17-16-19-4-8-21(28)9-5-19)25-26(20-6-12-23(33-2)13-7-20)30-31(27(25)32)22-10-14-24(34-3)15-11-22/h4-15,30H,16-17H2,1-3H3. The highest BCUT2D eigenvalue weighted by molar-refractivity contribution is 6.30. The van der Waals surface area contributed by atoms with E-state index in [9.17, 15) is 4.79 Å². The summed E-state index contributed by atoms with van der Waals surface area (Å²) in [5.41, 5.74) is 4.47. The fraction of sp³-hybridized carbons (Fsp3) is 0.185. The van der Waals surface area contributed by atoms with E-state index >= 15 is 0 Å². The van der Waals surface area contributed by atoms with Crippen molar-refractivity contribution in [3.63, 3.8) is 0 Å². The van der Waals surface area contributed by atoms with Crippen LogP contribution in [-0.2, 0) is 6.42 Å². The number of hydrogen-bond acceptors (Lipinski definition) is 4. The lowest BCUT2D eigenvalue weighted by Gasteiger charge is -2.05. The molecule has 4 aromatic rings. The van der Waals surface area contributed by atoms with E-state index in [1.54, 1.807) is 14.2 Å². The summed E-state index contributed by atoms with van der Waals surface area (Å²) < 4.78 is 12.1. The molecule has 0 saturated heterocycles. The molecular formula is C27H26ClN3O3. The normalized spacial score (nSPS) is 11.5. The van der Waals surface area contributed by atoms with Crippen LogP contribution in [0.3, 0.4) is 0 Å². The second-order valence-electron chi connectivity index (χ2n) is 7.77. The Morgan fingerprint density at radius 3 is 2.09 bits per heavy atom. The van der Waals surface area contributed by atoms with Crippen molar-refractivity contribution in [3.05, 3.63) is 99.3 Å². The number of nitrogens with zero attached hydrogens (tertiary/aromatic N) is 2. The molecule has 1 aromatic heterocycles. The van der Waals surface area contributed by atoms with Crippen LogP contribution in [0.5, 0.6) is 11.5 Å². The smallest absolute Gasteiger partial charge is 0.280 e. The van der Waals surface area contributed by atoms with Gasteiger partial charge in [0.2, 0.25) is 0 Å². The van der Waals surface area contributed by atoms with Crippen molar-refractivity contribution in [2.45, 2.75) is 13.3 Å². The van der Waals surface area contributed by atoms with E-state index in [0.29, 0.717) is 34.2 Å². The summed E-state index contributed by atoms with van der Waals surface area (Å²) in [6.07, 6.45) is 0.753. The summed E-state index contributed by atoms with van der Waals surface area (Å²) in [4.78, 5) is 18.3. The van der Waals surface area contributed by atoms with Gasteiger partial charge in [-0.25, -0.2) is 4.68 Å². The average molecular weight is 476 g/mol. The molecule has 0 atom stereocenters. The second kappa shape index (κ2) is 10.4. The largest absolute Gasteiger partial charge is 0.497 e. The minimum absolute atomic E-state index is 0.163. The topological polar surface area (TPSA) is 68.6 Å². The molecule has 3 aromatic carbocycles. The number of nitrogens with one attached hydrogen (secondary N) is 1. The maximum atomic E-state index is 13.5. The maximum Gasteiger partial charge on any atom is 0.280 e. The molecule has 0 saturated carbocycles. The van der Waals surface area contributed by atoms with Crippen molar-refractivity contribution >= 4 is 17.3 Å². The van der Waals surface area contributed by atoms with Crippen molar-refractivity contribution in [2.24, 2.45) is 4.99 Å². The van der Waals surface area contributed by atoms with Crippen molar-refractivity contribution in [3.8, 4) is 28.4 Å². The molecule has 1 heterocycles. The van der Waals surface area contributed by atoms with Gasteiger partial charge >= 0.3 is 0 Å². The van der Waals surface area contributed by atoms with Gasteiger partial charge in [0.05, 0.1) is 31.2 Å². The number of benzene rings is 3. The molecule has 0 aliphatic carbocycles. The number of hydrogen-bond donors (Lipinski definition) is 1. The molecule has 7 heteroatoms. The fourth-order valence-corrected chi connectivity index (χ4v) is 3.86. The summed E-state index contributed by atoms with van der Waals surface area (Å²) in [5.74, 6) is 1.47. The fourth-order valence-electron chi connectivity index (χ4n) is 3.74. The molecule has 1 N–H and O–H groups in total. The number of aromatic nitrogens is 2. The van der Waals surface area contributed by atoms with E-state index in [1.165, 1.54) is 4.68 Å². The molecule has 0 spiro atoms. The van der Waals surface area contributed by atoms with Crippen LogP contribution in [0.25, 0.3) is 16.9 Å². The van der Waals surface area contributed by atoms with E-state index in [4.69, 9.17) is 26.1 Å². The number of aromatic amines is 1. The monoisotopic (exact) mass is 475 g/mol. The van der Waals surface area contributed by atoms with Crippen molar-refractivity contribution < 1.29 is 9.47 Å². The Balaban J connectivity index is 1.72. The first kappa shape index (κ1) is 23.4. The van der Waals surface area contributed by atoms with Crippen LogP contribution < -0.4 is 15.0 Å². The van der Waals surface area contributed by atoms with Crippen molar-refractivity contribution in [1.82, 2.24) is 9.78 Å². The second-order valence-corrected chi connectivity index (χ2v) is 8.21. The van der Waals surface area contributed by atoms with Crippen LogP contribution in [0.1, 0.15) is 18.1 Å². The number of rotatable bonds is 8. The van der Waals surface area contributed by atoms with Crippen LogP contribution in [-0.4, -0.2) is 36.3 Å². The summed E-state index contributed by atoms with van der Waals surface area (Å²) in [6.45, 7) is 2.43. The number of halogens is 1. The third-order valence-corrected chi connectivity index (χ3v) is 5.88. The van der Waals surface area contributed by atoms with Gasteiger partial charge in [0, 0.05) is 22.8 Å². The van der Waals surface area contributed by atoms with Crippen LogP contribution in [0.15, 0.2) is 82.6 Å². The predicted octanol–water partition coefficient (Wildman–Crippen LogP) is 5.55. The van der Waals surface area contributed by atoms with E-state index in [1.807, 2.05) is 79.7 Å². The first-order chi connectivity index (χ1) is 16.5. The molecule has 0 bridgehead atoms. The molecule has 34 heavy (non-hydrogen) atoms. The van der Waals surface area contributed by atoms with Crippen LogP contribution in [0, 0.1) is 0 Å². The minimum atomic E-state index is -0.163. The van der Waals surface area contributed by atoms with E-state index in [-0.39, 0.29) is 5.56 Å². The lowest BCUT2D eigenvalue weighted by molar-refractivity contribution is 0.414.